The molecule has 0 unspecified atom stereocenters. The molecule has 0 radical (unpaired) electrons. The standard InChI is InChI=1S/C16H21N/c1-5-6-7-8-15-11-14-10-12(2)9-13(3)16(14)17(15)4/h5,9-11H,1,6-8H2,2-4H3. The molecule has 1 aromatic carbocycles. The Hall–Kier alpha value is -1.50. The molecular formula is C16H21N. The van der Waals surface area contributed by atoms with Crippen molar-refractivity contribution in [2.75, 3.05) is 0 Å². The van der Waals surface area contributed by atoms with E-state index in [2.05, 4.69) is 50.2 Å². The number of rotatable bonds is 4. The third-order valence-electron chi connectivity index (χ3n) is 3.40. The molecule has 0 atom stereocenters. The average molecular weight is 227 g/mol. The molecule has 0 fully saturated rings. The highest BCUT2D eigenvalue weighted by Gasteiger charge is 2.08. The van der Waals surface area contributed by atoms with Gasteiger partial charge in [0.15, 0.2) is 0 Å². The minimum Gasteiger partial charge on any atom is -0.347 e. The summed E-state index contributed by atoms with van der Waals surface area (Å²) in [5.74, 6) is 0. The Balaban J connectivity index is 2.42. The van der Waals surface area contributed by atoms with Crippen LogP contribution in [0.2, 0.25) is 0 Å². The van der Waals surface area contributed by atoms with Gasteiger partial charge in [-0.15, -0.1) is 6.58 Å². The van der Waals surface area contributed by atoms with Crippen LogP contribution in [0.5, 0.6) is 0 Å². The maximum absolute atomic E-state index is 3.78. The maximum Gasteiger partial charge on any atom is 0.0509 e. The van der Waals surface area contributed by atoms with Crippen molar-refractivity contribution in [2.24, 2.45) is 7.05 Å². The van der Waals surface area contributed by atoms with Crippen LogP contribution in [0, 0.1) is 13.8 Å². The highest BCUT2D eigenvalue weighted by Crippen LogP contribution is 2.24. The van der Waals surface area contributed by atoms with Crippen LogP contribution in [0.15, 0.2) is 30.9 Å². The van der Waals surface area contributed by atoms with E-state index in [0.717, 1.165) is 12.8 Å². The highest BCUT2D eigenvalue weighted by molar-refractivity contribution is 5.85. The summed E-state index contributed by atoms with van der Waals surface area (Å²) in [5.41, 5.74) is 5.52. The zero-order valence-corrected chi connectivity index (χ0v) is 11.1. The van der Waals surface area contributed by atoms with Gasteiger partial charge in [-0.05, 0) is 50.8 Å². The Morgan fingerprint density at radius 2 is 2.00 bits per heavy atom. The van der Waals surface area contributed by atoms with Gasteiger partial charge in [0.2, 0.25) is 0 Å². The van der Waals surface area contributed by atoms with Crippen molar-refractivity contribution >= 4 is 10.9 Å². The molecule has 1 heteroatoms. The fourth-order valence-corrected chi connectivity index (χ4v) is 2.65. The van der Waals surface area contributed by atoms with Crippen LogP contribution in [0.1, 0.15) is 29.7 Å². The lowest BCUT2D eigenvalue weighted by Crippen LogP contribution is -1.97. The summed E-state index contributed by atoms with van der Waals surface area (Å²) in [6.45, 7) is 8.14. The second-order valence-electron chi connectivity index (χ2n) is 4.90. The van der Waals surface area contributed by atoms with Crippen molar-refractivity contribution in [3.8, 4) is 0 Å². The van der Waals surface area contributed by atoms with Crippen LogP contribution in [-0.4, -0.2) is 4.57 Å². The third-order valence-corrected chi connectivity index (χ3v) is 3.40. The first kappa shape index (κ1) is 12.0. The summed E-state index contributed by atoms with van der Waals surface area (Å²) in [6.07, 6.45) is 5.42. The Bertz CT molecular complexity index is 546. The van der Waals surface area contributed by atoms with Crippen LogP contribution >= 0.6 is 0 Å². The smallest absolute Gasteiger partial charge is 0.0509 e. The van der Waals surface area contributed by atoms with Gasteiger partial charge in [-0.2, -0.15) is 0 Å². The van der Waals surface area contributed by atoms with Gasteiger partial charge in [0.25, 0.3) is 0 Å². The molecule has 1 aromatic heterocycles. The summed E-state index contributed by atoms with van der Waals surface area (Å²) in [7, 11) is 2.17. The summed E-state index contributed by atoms with van der Waals surface area (Å²) in [4.78, 5) is 0. The van der Waals surface area contributed by atoms with E-state index in [1.165, 1.54) is 34.1 Å². The lowest BCUT2D eigenvalue weighted by Gasteiger charge is -2.06. The van der Waals surface area contributed by atoms with E-state index in [9.17, 15) is 0 Å². The molecule has 1 heterocycles. The molecule has 0 saturated heterocycles. The van der Waals surface area contributed by atoms with Crippen molar-refractivity contribution < 1.29 is 0 Å². The minimum atomic E-state index is 1.10. The minimum absolute atomic E-state index is 1.10. The summed E-state index contributed by atoms with van der Waals surface area (Å²) >= 11 is 0. The molecule has 2 aromatic rings. The van der Waals surface area contributed by atoms with E-state index in [4.69, 9.17) is 0 Å². The zero-order chi connectivity index (χ0) is 12.4. The lowest BCUT2D eigenvalue weighted by molar-refractivity contribution is 0.769. The molecule has 0 amide bonds. The number of hydrogen-bond acceptors (Lipinski definition) is 0. The van der Waals surface area contributed by atoms with Gasteiger partial charge in [0.05, 0.1) is 5.52 Å². The summed E-state index contributed by atoms with van der Waals surface area (Å²) < 4.78 is 2.34. The first-order chi connectivity index (χ1) is 8.13. The van der Waals surface area contributed by atoms with Crippen LogP contribution in [0.25, 0.3) is 10.9 Å². The third kappa shape index (κ3) is 2.28. The van der Waals surface area contributed by atoms with Crippen molar-refractivity contribution in [1.29, 1.82) is 0 Å². The molecular weight excluding hydrogens is 206 g/mol. The van der Waals surface area contributed by atoms with Crippen LogP contribution in [0.3, 0.4) is 0 Å². The Labute approximate surface area is 104 Å². The average Bonchev–Trinajstić information content (AvgIpc) is 2.56. The molecule has 0 spiro atoms. The van der Waals surface area contributed by atoms with Crippen molar-refractivity contribution in [3.05, 3.63) is 47.7 Å². The van der Waals surface area contributed by atoms with E-state index in [1.807, 2.05) is 6.08 Å². The first-order valence-corrected chi connectivity index (χ1v) is 6.30. The molecule has 0 saturated carbocycles. The van der Waals surface area contributed by atoms with Gasteiger partial charge in [0, 0.05) is 18.1 Å². The van der Waals surface area contributed by atoms with Gasteiger partial charge in [-0.3, -0.25) is 0 Å². The first-order valence-electron chi connectivity index (χ1n) is 6.30. The Morgan fingerprint density at radius 3 is 2.71 bits per heavy atom. The topological polar surface area (TPSA) is 4.93 Å². The monoisotopic (exact) mass is 227 g/mol. The fourth-order valence-electron chi connectivity index (χ4n) is 2.65. The SMILES string of the molecule is C=CCCCc1cc2cc(C)cc(C)c2n1C. The molecule has 0 aliphatic rings. The van der Waals surface area contributed by atoms with E-state index in [-0.39, 0.29) is 0 Å². The van der Waals surface area contributed by atoms with Crippen LogP contribution in [0.4, 0.5) is 0 Å². The van der Waals surface area contributed by atoms with Crippen molar-refractivity contribution in [1.82, 2.24) is 4.57 Å². The van der Waals surface area contributed by atoms with Gasteiger partial charge < -0.3 is 4.57 Å². The molecule has 0 aliphatic heterocycles. The van der Waals surface area contributed by atoms with E-state index < -0.39 is 0 Å². The number of aryl methyl sites for hydroxylation is 4. The van der Waals surface area contributed by atoms with Crippen molar-refractivity contribution in [2.45, 2.75) is 33.1 Å². The fraction of sp³-hybridized carbons (Fsp3) is 0.375. The van der Waals surface area contributed by atoms with Gasteiger partial charge in [-0.25, -0.2) is 0 Å². The Morgan fingerprint density at radius 1 is 1.24 bits per heavy atom. The Kier molecular flexibility index (Phi) is 3.37. The number of aromatic nitrogens is 1. The summed E-state index contributed by atoms with van der Waals surface area (Å²) in [6, 6.07) is 6.87. The second kappa shape index (κ2) is 4.79. The van der Waals surface area contributed by atoms with E-state index in [0.29, 0.717) is 0 Å². The molecule has 0 aliphatic carbocycles. The normalized spacial score (nSPS) is 11.0. The molecule has 0 N–H and O–H groups in total. The summed E-state index contributed by atoms with van der Waals surface area (Å²) in [5, 5.41) is 1.37. The number of benzene rings is 1. The number of hydrogen-bond donors (Lipinski definition) is 0. The van der Waals surface area contributed by atoms with E-state index >= 15 is 0 Å². The predicted octanol–water partition coefficient (Wildman–Crippen LogP) is 4.30. The molecule has 0 bridgehead atoms. The number of unbranched alkanes of at least 4 members (excludes halogenated alkanes) is 1. The maximum atomic E-state index is 3.78. The van der Waals surface area contributed by atoms with Gasteiger partial charge >= 0.3 is 0 Å². The highest BCUT2D eigenvalue weighted by atomic mass is 14.9. The number of allylic oxidation sites excluding steroid dienone is 1. The van der Waals surface area contributed by atoms with Gasteiger partial charge in [0.1, 0.15) is 0 Å². The van der Waals surface area contributed by atoms with Crippen molar-refractivity contribution in [3.63, 3.8) is 0 Å². The van der Waals surface area contributed by atoms with Crippen LogP contribution < -0.4 is 0 Å². The molecule has 2 rings (SSSR count). The van der Waals surface area contributed by atoms with Gasteiger partial charge in [-0.1, -0.05) is 17.7 Å². The molecule has 1 nitrogen and oxygen atoms in total. The van der Waals surface area contributed by atoms with E-state index in [1.54, 1.807) is 0 Å². The predicted molar refractivity (Wildman–Crippen MR) is 75.5 cm³/mol. The zero-order valence-electron chi connectivity index (χ0n) is 11.1. The number of nitrogens with zero attached hydrogens (tertiary/aromatic N) is 1. The van der Waals surface area contributed by atoms with Crippen LogP contribution in [-0.2, 0) is 13.5 Å². The molecule has 17 heavy (non-hydrogen) atoms. The quantitative estimate of drug-likeness (QED) is 0.542. The molecule has 90 valence electrons. The largest absolute Gasteiger partial charge is 0.347 e. The second-order valence-corrected chi connectivity index (χ2v) is 4.90. The number of fused-ring (bicyclic) bond motifs is 1. The lowest BCUT2D eigenvalue weighted by atomic mass is 10.1.